The Morgan fingerprint density at radius 2 is 2.18 bits per heavy atom. The SMILES string of the molecule is CCN(CC(C)(C)O)C(=O)c1cnn(-c2cccc(Cl)c2)n1. The average Bonchev–Trinajstić information content (AvgIpc) is 2.93. The van der Waals surface area contributed by atoms with Crippen molar-refractivity contribution in [2.75, 3.05) is 13.1 Å². The van der Waals surface area contributed by atoms with Crippen molar-refractivity contribution in [3.63, 3.8) is 0 Å². The van der Waals surface area contributed by atoms with Gasteiger partial charge in [-0.05, 0) is 39.0 Å². The quantitative estimate of drug-likeness (QED) is 0.915. The smallest absolute Gasteiger partial charge is 0.276 e. The maximum Gasteiger partial charge on any atom is 0.276 e. The molecule has 1 aromatic heterocycles. The zero-order chi connectivity index (χ0) is 16.3. The van der Waals surface area contributed by atoms with E-state index in [0.29, 0.717) is 17.3 Å². The molecule has 0 fully saturated rings. The number of likely N-dealkylation sites (N-methyl/N-ethyl adjacent to an activating group) is 1. The number of hydrogen-bond acceptors (Lipinski definition) is 4. The lowest BCUT2D eigenvalue weighted by Gasteiger charge is -2.27. The van der Waals surface area contributed by atoms with Crippen LogP contribution in [0.15, 0.2) is 30.5 Å². The highest BCUT2D eigenvalue weighted by molar-refractivity contribution is 6.30. The summed E-state index contributed by atoms with van der Waals surface area (Å²) >= 11 is 5.94. The summed E-state index contributed by atoms with van der Waals surface area (Å²) < 4.78 is 0. The maximum atomic E-state index is 12.4. The first-order valence-electron chi connectivity index (χ1n) is 7.00. The van der Waals surface area contributed by atoms with Crippen LogP contribution in [0.3, 0.4) is 0 Å². The molecule has 6 nitrogen and oxygen atoms in total. The lowest BCUT2D eigenvalue weighted by atomic mass is 10.1. The van der Waals surface area contributed by atoms with Crippen molar-refractivity contribution in [3.8, 4) is 5.69 Å². The van der Waals surface area contributed by atoms with Crippen molar-refractivity contribution in [2.45, 2.75) is 26.4 Å². The van der Waals surface area contributed by atoms with Gasteiger partial charge >= 0.3 is 0 Å². The van der Waals surface area contributed by atoms with Gasteiger partial charge in [0.05, 0.1) is 17.5 Å². The minimum atomic E-state index is -0.964. The van der Waals surface area contributed by atoms with E-state index in [4.69, 9.17) is 11.6 Å². The molecule has 1 N–H and O–H groups in total. The maximum absolute atomic E-state index is 12.4. The highest BCUT2D eigenvalue weighted by Gasteiger charge is 2.24. The molecule has 2 aromatic rings. The Labute approximate surface area is 134 Å². The van der Waals surface area contributed by atoms with E-state index in [1.165, 1.54) is 15.9 Å². The van der Waals surface area contributed by atoms with E-state index >= 15 is 0 Å². The van der Waals surface area contributed by atoms with Gasteiger partial charge in [-0.15, -0.1) is 5.10 Å². The molecule has 2 rings (SSSR count). The highest BCUT2D eigenvalue weighted by atomic mass is 35.5. The first-order valence-corrected chi connectivity index (χ1v) is 7.38. The van der Waals surface area contributed by atoms with Crippen molar-refractivity contribution >= 4 is 17.5 Å². The third-order valence-corrected chi connectivity index (χ3v) is 3.23. The molecule has 0 radical (unpaired) electrons. The van der Waals surface area contributed by atoms with Crippen LogP contribution in [0.2, 0.25) is 5.02 Å². The van der Waals surface area contributed by atoms with Crippen LogP contribution in [-0.2, 0) is 0 Å². The van der Waals surface area contributed by atoms with Gasteiger partial charge in [-0.25, -0.2) is 0 Å². The minimum Gasteiger partial charge on any atom is -0.389 e. The topological polar surface area (TPSA) is 71.2 Å². The summed E-state index contributed by atoms with van der Waals surface area (Å²) in [7, 11) is 0. The molecular formula is C15H19ClN4O2. The molecule has 0 unspecified atom stereocenters. The summed E-state index contributed by atoms with van der Waals surface area (Å²) in [6.07, 6.45) is 1.41. The van der Waals surface area contributed by atoms with Crippen LogP contribution in [0.5, 0.6) is 0 Å². The van der Waals surface area contributed by atoms with E-state index in [1.54, 1.807) is 38.1 Å². The molecule has 0 saturated heterocycles. The van der Waals surface area contributed by atoms with Gasteiger partial charge in [0.15, 0.2) is 5.69 Å². The predicted molar refractivity (Wildman–Crippen MR) is 84.2 cm³/mol. The summed E-state index contributed by atoms with van der Waals surface area (Å²) in [6.45, 7) is 5.88. The third-order valence-electron chi connectivity index (χ3n) is 3.00. The number of aromatic nitrogens is 3. The van der Waals surface area contributed by atoms with Crippen LogP contribution < -0.4 is 0 Å². The summed E-state index contributed by atoms with van der Waals surface area (Å²) in [4.78, 5) is 15.3. The fourth-order valence-electron chi connectivity index (χ4n) is 2.04. The van der Waals surface area contributed by atoms with Gasteiger partial charge < -0.3 is 10.0 Å². The van der Waals surface area contributed by atoms with Crippen molar-refractivity contribution in [2.24, 2.45) is 0 Å². The number of benzene rings is 1. The molecule has 0 atom stereocenters. The number of carbonyl (C=O) groups excluding carboxylic acids is 1. The second kappa shape index (κ2) is 6.46. The third kappa shape index (κ3) is 4.05. The molecule has 1 heterocycles. The fourth-order valence-corrected chi connectivity index (χ4v) is 2.23. The first kappa shape index (κ1) is 16.5. The average molecular weight is 323 g/mol. The number of hydrogen-bond donors (Lipinski definition) is 1. The molecule has 0 bridgehead atoms. The molecule has 1 amide bonds. The van der Waals surface area contributed by atoms with E-state index in [0.717, 1.165) is 0 Å². The Kier molecular flexibility index (Phi) is 4.83. The van der Waals surface area contributed by atoms with Gasteiger partial charge in [0.25, 0.3) is 5.91 Å². The largest absolute Gasteiger partial charge is 0.389 e. The number of carbonyl (C=O) groups is 1. The summed E-state index contributed by atoms with van der Waals surface area (Å²) in [5.74, 6) is -0.266. The second-order valence-corrected chi connectivity index (χ2v) is 6.07. The van der Waals surface area contributed by atoms with Crippen LogP contribution in [0.1, 0.15) is 31.3 Å². The van der Waals surface area contributed by atoms with Crippen molar-refractivity contribution in [3.05, 3.63) is 41.2 Å². The van der Waals surface area contributed by atoms with E-state index in [2.05, 4.69) is 10.2 Å². The Hall–Kier alpha value is -1.92. The van der Waals surface area contributed by atoms with Crippen LogP contribution >= 0.6 is 11.6 Å². The summed E-state index contributed by atoms with van der Waals surface area (Å²) in [5, 5.41) is 18.7. The van der Waals surface area contributed by atoms with E-state index < -0.39 is 5.60 Å². The van der Waals surface area contributed by atoms with E-state index in [-0.39, 0.29) is 18.1 Å². The predicted octanol–water partition coefficient (Wildman–Crippen LogP) is 2.15. The molecule has 0 aliphatic carbocycles. The molecule has 0 spiro atoms. The van der Waals surface area contributed by atoms with Crippen LogP contribution in [-0.4, -0.2) is 49.6 Å². The Balaban J connectivity index is 2.21. The molecule has 0 saturated carbocycles. The first-order chi connectivity index (χ1) is 10.3. The number of aliphatic hydroxyl groups is 1. The molecule has 0 aliphatic rings. The zero-order valence-corrected chi connectivity index (χ0v) is 13.6. The van der Waals surface area contributed by atoms with Crippen molar-refractivity contribution in [1.82, 2.24) is 19.9 Å². The van der Waals surface area contributed by atoms with Crippen LogP contribution in [0, 0.1) is 0 Å². The fraction of sp³-hybridized carbons (Fsp3) is 0.400. The Bertz CT molecular complexity index is 664. The van der Waals surface area contributed by atoms with E-state index in [1.807, 2.05) is 6.92 Å². The van der Waals surface area contributed by atoms with Crippen LogP contribution in [0.25, 0.3) is 5.69 Å². The number of halogens is 1. The summed E-state index contributed by atoms with van der Waals surface area (Å²) in [5.41, 5.74) is -0.0580. The highest BCUT2D eigenvalue weighted by Crippen LogP contribution is 2.14. The Morgan fingerprint density at radius 1 is 1.45 bits per heavy atom. The van der Waals surface area contributed by atoms with Gasteiger partial charge in [0.2, 0.25) is 0 Å². The number of nitrogens with zero attached hydrogens (tertiary/aromatic N) is 4. The lowest BCUT2D eigenvalue weighted by molar-refractivity contribution is 0.0311. The number of amides is 1. The summed E-state index contributed by atoms with van der Waals surface area (Å²) in [6, 6.07) is 7.05. The Morgan fingerprint density at radius 3 is 2.77 bits per heavy atom. The normalized spacial score (nSPS) is 11.5. The lowest BCUT2D eigenvalue weighted by Crippen LogP contribution is -2.42. The molecule has 118 valence electrons. The minimum absolute atomic E-state index is 0.228. The standard InChI is InChI=1S/C15H19ClN4O2/c1-4-19(10-15(2,3)22)14(21)13-9-17-20(18-13)12-7-5-6-11(16)8-12/h5-9,22H,4,10H2,1-3H3. The monoisotopic (exact) mass is 322 g/mol. The molecule has 1 aromatic carbocycles. The molecular weight excluding hydrogens is 304 g/mol. The van der Waals surface area contributed by atoms with E-state index in [9.17, 15) is 9.90 Å². The molecule has 22 heavy (non-hydrogen) atoms. The van der Waals surface area contributed by atoms with Gasteiger partial charge in [-0.1, -0.05) is 17.7 Å². The van der Waals surface area contributed by atoms with Gasteiger partial charge in [0, 0.05) is 18.1 Å². The van der Waals surface area contributed by atoms with Gasteiger partial charge in [-0.3, -0.25) is 4.79 Å². The van der Waals surface area contributed by atoms with Gasteiger partial charge in [-0.2, -0.15) is 9.90 Å². The molecule has 0 aliphatic heterocycles. The zero-order valence-electron chi connectivity index (χ0n) is 12.8. The van der Waals surface area contributed by atoms with Crippen molar-refractivity contribution < 1.29 is 9.90 Å². The molecule has 7 heteroatoms. The van der Waals surface area contributed by atoms with Crippen molar-refractivity contribution in [1.29, 1.82) is 0 Å². The van der Waals surface area contributed by atoms with Crippen LogP contribution in [0.4, 0.5) is 0 Å². The number of rotatable bonds is 5. The van der Waals surface area contributed by atoms with Gasteiger partial charge in [0.1, 0.15) is 0 Å². The second-order valence-electron chi connectivity index (χ2n) is 5.63.